The summed E-state index contributed by atoms with van der Waals surface area (Å²) in [7, 11) is 0. The number of β-amino-alcohol motifs (C(OH)–C–C–N with tert-alkyl or cyclic N) is 1. The van der Waals surface area contributed by atoms with Gasteiger partial charge in [0.2, 0.25) is 0 Å². The lowest BCUT2D eigenvalue weighted by atomic mass is 9.93. The quantitative estimate of drug-likeness (QED) is 0.647. The second kappa shape index (κ2) is 3.80. The van der Waals surface area contributed by atoms with Crippen molar-refractivity contribution in [1.29, 1.82) is 0 Å². The summed E-state index contributed by atoms with van der Waals surface area (Å²) in [6, 6.07) is 0.609. The standard InChI is InChI=1S/C11H22N2O/c1-11(2)10(5-6-12-11)13-7-3-4-9(14)8-13/h9-10,12,14H,3-8H2,1-2H3/t9-,10+/m1/s1. The first-order valence-corrected chi connectivity index (χ1v) is 5.77. The molecule has 0 aliphatic carbocycles. The molecule has 2 fully saturated rings. The maximum absolute atomic E-state index is 9.65. The van der Waals surface area contributed by atoms with Crippen LogP contribution in [0.2, 0.25) is 0 Å². The highest BCUT2D eigenvalue weighted by Gasteiger charge is 2.39. The highest BCUT2D eigenvalue weighted by atomic mass is 16.3. The molecule has 2 aliphatic heterocycles. The molecule has 0 spiro atoms. The van der Waals surface area contributed by atoms with Crippen molar-refractivity contribution in [1.82, 2.24) is 10.2 Å². The molecule has 0 radical (unpaired) electrons. The Kier molecular flexibility index (Phi) is 2.82. The maximum atomic E-state index is 9.65. The van der Waals surface area contributed by atoms with Crippen LogP contribution in [0.4, 0.5) is 0 Å². The summed E-state index contributed by atoms with van der Waals surface area (Å²) >= 11 is 0. The smallest absolute Gasteiger partial charge is 0.0667 e. The van der Waals surface area contributed by atoms with E-state index in [2.05, 4.69) is 24.1 Å². The molecule has 0 bridgehead atoms. The van der Waals surface area contributed by atoms with Gasteiger partial charge in [0.25, 0.3) is 0 Å². The number of hydrogen-bond donors (Lipinski definition) is 2. The molecule has 2 saturated heterocycles. The van der Waals surface area contributed by atoms with Crippen molar-refractivity contribution in [3.8, 4) is 0 Å². The molecule has 14 heavy (non-hydrogen) atoms. The Morgan fingerprint density at radius 3 is 2.71 bits per heavy atom. The Hall–Kier alpha value is -0.120. The lowest BCUT2D eigenvalue weighted by Gasteiger charge is -2.40. The van der Waals surface area contributed by atoms with Crippen molar-refractivity contribution >= 4 is 0 Å². The van der Waals surface area contributed by atoms with Gasteiger partial charge in [0.15, 0.2) is 0 Å². The first kappa shape index (κ1) is 10.4. The van der Waals surface area contributed by atoms with E-state index in [1.807, 2.05) is 0 Å². The molecule has 3 nitrogen and oxygen atoms in total. The van der Waals surface area contributed by atoms with Crippen molar-refractivity contribution in [3.63, 3.8) is 0 Å². The Balaban J connectivity index is 2.00. The van der Waals surface area contributed by atoms with Crippen LogP contribution in [0.1, 0.15) is 33.1 Å². The van der Waals surface area contributed by atoms with E-state index < -0.39 is 0 Å². The summed E-state index contributed by atoms with van der Waals surface area (Å²) in [5.74, 6) is 0. The second-order valence-corrected chi connectivity index (χ2v) is 5.24. The Labute approximate surface area is 86.5 Å². The van der Waals surface area contributed by atoms with E-state index >= 15 is 0 Å². The number of nitrogens with zero attached hydrogens (tertiary/aromatic N) is 1. The third-order valence-corrected chi connectivity index (χ3v) is 3.70. The highest BCUT2D eigenvalue weighted by molar-refractivity contribution is 4.99. The van der Waals surface area contributed by atoms with Gasteiger partial charge in [0, 0.05) is 18.1 Å². The van der Waals surface area contributed by atoms with Crippen LogP contribution in [-0.2, 0) is 0 Å². The number of aliphatic hydroxyl groups excluding tert-OH is 1. The predicted octanol–water partition coefficient (Wildman–Crippen LogP) is 0.584. The largest absolute Gasteiger partial charge is 0.392 e. The molecule has 2 atom stereocenters. The summed E-state index contributed by atoms with van der Waals surface area (Å²) in [4.78, 5) is 2.47. The summed E-state index contributed by atoms with van der Waals surface area (Å²) in [5, 5.41) is 13.2. The number of rotatable bonds is 1. The molecule has 2 rings (SSSR count). The average Bonchev–Trinajstić information content (AvgIpc) is 2.45. The van der Waals surface area contributed by atoms with Crippen LogP contribution in [0.15, 0.2) is 0 Å². The molecule has 2 heterocycles. The Morgan fingerprint density at radius 2 is 2.14 bits per heavy atom. The van der Waals surface area contributed by atoms with Gasteiger partial charge in [-0.3, -0.25) is 4.90 Å². The van der Waals surface area contributed by atoms with Crippen LogP contribution in [0.5, 0.6) is 0 Å². The van der Waals surface area contributed by atoms with Gasteiger partial charge in [-0.1, -0.05) is 0 Å². The zero-order valence-corrected chi connectivity index (χ0v) is 9.29. The summed E-state index contributed by atoms with van der Waals surface area (Å²) in [6.07, 6.45) is 3.25. The van der Waals surface area contributed by atoms with E-state index in [9.17, 15) is 5.11 Å². The second-order valence-electron chi connectivity index (χ2n) is 5.24. The highest BCUT2D eigenvalue weighted by Crippen LogP contribution is 2.26. The normalized spacial score (nSPS) is 38.8. The van der Waals surface area contributed by atoms with Gasteiger partial charge >= 0.3 is 0 Å². The fraction of sp³-hybridized carbons (Fsp3) is 1.00. The van der Waals surface area contributed by atoms with Crippen molar-refractivity contribution in [3.05, 3.63) is 0 Å². The van der Waals surface area contributed by atoms with Crippen molar-refractivity contribution in [2.45, 2.75) is 50.8 Å². The summed E-state index contributed by atoms with van der Waals surface area (Å²) in [5.41, 5.74) is 0.219. The molecule has 2 aliphatic rings. The van der Waals surface area contributed by atoms with Crippen LogP contribution < -0.4 is 5.32 Å². The van der Waals surface area contributed by atoms with Gasteiger partial charge in [0.1, 0.15) is 0 Å². The van der Waals surface area contributed by atoms with E-state index in [0.717, 1.165) is 32.5 Å². The molecule has 0 unspecified atom stereocenters. The van der Waals surface area contributed by atoms with Crippen LogP contribution in [-0.4, -0.2) is 47.3 Å². The number of aliphatic hydroxyl groups is 1. The number of piperidine rings is 1. The van der Waals surface area contributed by atoms with Crippen molar-refractivity contribution in [2.75, 3.05) is 19.6 Å². The van der Waals surface area contributed by atoms with Gasteiger partial charge in [0.05, 0.1) is 6.10 Å². The lowest BCUT2D eigenvalue weighted by Crippen LogP contribution is -2.54. The number of hydrogen-bond acceptors (Lipinski definition) is 3. The van der Waals surface area contributed by atoms with E-state index in [1.165, 1.54) is 6.42 Å². The molecule has 0 aromatic carbocycles. The average molecular weight is 198 g/mol. The zero-order chi connectivity index (χ0) is 10.2. The molecule has 0 saturated carbocycles. The van der Waals surface area contributed by atoms with Gasteiger partial charge < -0.3 is 10.4 Å². The molecule has 2 N–H and O–H groups in total. The molecule has 0 aromatic heterocycles. The third kappa shape index (κ3) is 1.95. The van der Waals surface area contributed by atoms with Gasteiger partial charge in [-0.25, -0.2) is 0 Å². The topological polar surface area (TPSA) is 35.5 Å². The monoisotopic (exact) mass is 198 g/mol. The lowest BCUT2D eigenvalue weighted by molar-refractivity contribution is 0.0328. The van der Waals surface area contributed by atoms with Crippen LogP contribution in [0.25, 0.3) is 0 Å². The first-order valence-electron chi connectivity index (χ1n) is 5.77. The zero-order valence-electron chi connectivity index (χ0n) is 9.29. The first-order chi connectivity index (χ1) is 6.59. The van der Waals surface area contributed by atoms with E-state index in [-0.39, 0.29) is 11.6 Å². The van der Waals surface area contributed by atoms with Crippen molar-refractivity contribution < 1.29 is 5.11 Å². The maximum Gasteiger partial charge on any atom is 0.0667 e. The minimum atomic E-state index is -0.0971. The Bertz CT molecular complexity index is 205. The third-order valence-electron chi connectivity index (χ3n) is 3.70. The number of likely N-dealkylation sites (tertiary alicyclic amines) is 1. The van der Waals surface area contributed by atoms with Crippen LogP contribution >= 0.6 is 0 Å². The SMILES string of the molecule is CC1(C)NCC[C@@H]1N1CCC[C@@H](O)C1. The van der Waals surface area contributed by atoms with Gasteiger partial charge in [-0.15, -0.1) is 0 Å². The summed E-state index contributed by atoms with van der Waals surface area (Å²) in [6.45, 7) is 7.68. The molecular formula is C11H22N2O. The molecule has 3 heteroatoms. The molecule has 0 aromatic rings. The number of nitrogens with one attached hydrogen (secondary N) is 1. The van der Waals surface area contributed by atoms with E-state index in [4.69, 9.17) is 0 Å². The minimum absolute atomic E-state index is 0.0971. The van der Waals surface area contributed by atoms with Gasteiger partial charge in [-0.05, 0) is 46.2 Å². The predicted molar refractivity (Wildman–Crippen MR) is 57.3 cm³/mol. The fourth-order valence-corrected chi connectivity index (χ4v) is 2.92. The van der Waals surface area contributed by atoms with Crippen LogP contribution in [0.3, 0.4) is 0 Å². The van der Waals surface area contributed by atoms with Crippen LogP contribution in [0, 0.1) is 0 Å². The summed E-state index contributed by atoms with van der Waals surface area (Å²) < 4.78 is 0. The minimum Gasteiger partial charge on any atom is -0.392 e. The van der Waals surface area contributed by atoms with Crippen molar-refractivity contribution in [2.24, 2.45) is 0 Å². The van der Waals surface area contributed by atoms with E-state index in [0.29, 0.717) is 6.04 Å². The Morgan fingerprint density at radius 1 is 1.36 bits per heavy atom. The van der Waals surface area contributed by atoms with E-state index in [1.54, 1.807) is 0 Å². The molecular weight excluding hydrogens is 176 g/mol. The fourth-order valence-electron chi connectivity index (χ4n) is 2.92. The molecule has 82 valence electrons. The molecule has 0 amide bonds. The van der Waals surface area contributed by atoms with Gasteiger partial charge in [-0.2, -0.15) is 0 Å².